The van der Waals surface area contributed by atoms with E-state index in [1.165, 1.54) is 14.0 Å². The Morgan fingerprint density at radius 1 is 1.42 bits per heavy atom. The molecule has 0 fully saturated rings. The number of carbonyl (C=O) groups excluding carboxylic acids is 2. The Morgan fingerprint density at radius 3 is 2.26 bits per heavy atom. The monoisotopic (exact) mass is 271 g/mol. The number of terminal acetylenes is 1. The van der Waals surface area contributed by atoms with Crippen molar-refractivity contribution in [2.24, 2.45) is 0 Å². The third-order valence-electron chi connectivity index (χ3n) is 1.98. The van der Waals surface area contributed by atoms with Crippen LogP contribution in [0.1, 0.15) is 27.7 Å². The summed E-state index contributed by atoms with van der Waals surface area (Å²) in [5.41, 5.74) is -0.733. The van der Waals surface area contributed by atoms with Gasteiger partial charge in [0.25, 0.3) is 0 Å². The van der Waals surface area contributed by atoms with Crippen LogP contribution < -0.4 is 0 Å². The molecular formula is C13H21NO5. The van der Waals surface area contributed by atoms with Gasteiger partial charge in [0.1, 0.15) is 5.60 Å². The van der Waals surface area contributed by atoms with E-state index in [0.29, 0.717) is 0 Å². The van der Waals surface area contributed by atoms with Gasteiger partial charge in [-0.3, -0.25) is 4.90 Å². The Bertz CT molecular complexity index is 364. The van der Waals surface area contributed by atoms with Crippen LogP contribution in [0.2, 0.25) is 0 Å². The van der Waals surface area contributed by atoms with E-state index in [1.807, 2.05) is 0 Å². The number of esters is 1. The fraction of sp³-hybridized carbons (Fsp3) is 0.692. The highest BCUT2D eigenvalue weighted by molar-refractivity contribution is 5.84. The summed E-state index contributed by atoms with van der Waals surface area (Å²) in [5, 5.41) is 9.40. The predicted molar refractivity (Wildman–Crippen MR) is 69.3 cm³/mol. The standard InChI is InChI=1S/C13H21NO5/c1-7-10(11(16)18-6)14(8-9(2)15)12(17)19-13(3,4)5/h1,9-10,15H,8H2,2-6H3/t9-,10+/m1/s1. The molecule has 0 saturated heterocycles. The highest BCUT2D eigenvalue weighted by Crippen LogP contribution is 2.13. The Balaban J connectivity index is 5.14. The van der Waals surface area contributed by atoms with Crippen LogP contribution in [0, 0.1) is 12.3 Å². The highest BCUT2D eigenvalue weighted by Gasteiger charge is 2.33. The largest absolute Gasteiger partial charge is 0.467 e. The van der Waals surface area contributed by atoms with Gasteiger partial charge in [0, 0.05) is 0 Å². The molecule has 0 aliphatic rings. The van der Waals surface area contributed by atoms with Crippen molar-refractivity contribution in [2.75, 3.05) is 13.7 Å². The van der Waals surface area contributed by atoms with E-state index >= 15 is 0 Å². The average Bonchev–Trinajstić information content (AvgIpc) is 2.25. The third-order valence-corrected chi connectivity index (χ3v) is 1.98. The Hall–Kier alpha value is -1.74. The van der Waals surface area contributed by atoms with E-state index in [0.717, 1.165) is 4.90 Å². The Labute approximate surface area is 113 Å². The van der Waals surface area contributed by atoms with Crippen molar-refractivity contribution in [1.82, 2.24) is 4.90 Å². The van der Waals surface area contributed by atoms with Gasteiger partial charge in [-0.05, 0) is 27.7 Å². The maximum atomic E-state index is 12.0. The molecule has 0 bridgehead atoms. The minimum Gasteiger partial charge on any atom is -0.467 e. The van der Waals surface area contributed by atoms with Gasteiger partial charge in [-0.2, -0.15) is 0 Å². The second kappa shape index (κ2) is 7.00. The summed E-state index contributed by atoms with van der Waals surface area (Å²) in [6, 6.07) is -1.23. The second-order valence-corrected chi connectivity index (χ2v) is 5.07. The first-order valence-corrected chi connectivity index (χ1v) is 5.84. The van der Waals surface area contributed by atoms with Gasteiger partial charge in [-0.1, -0.05) is 5.92 Å². The number of ether oxygens (including phenoxy) is 2. The van der Waals surface area contributed by atoms with E-state index in [4.69, 9.17) is 11.2 Å². The molecule has 0 rings (SSSR count). The first-order chi connectivity index (χ1) is 8.62. The van der Waals surface area contributed by atoms with Crippen LogP contribution in [0.15, 0.2) is 0 Å². The lowest BCUT2D eigenvalue weighted by Gasteiger charge is -2.30. The summed E-state index contributed by atoms with van der Waals surface area (Å²) in [4.78, 5) is 24.5. The van der Waals surface area contributed by atoms with Gasteiger partial charge in [-0.15, -0.1) is 6.42 Å². The molecule has 0 heterocycles. The lowest BCUT2D eigenvalue weighted by molar-refractivity contribution is -0.144. The number of rotatable bonds is 4. The van der Waals surface area contributed by atoms with Crippen molar-refractivity contribution < 1.29 is 24.2 Å². The van der Waals surface area contributed by atoms with Crippen molar-refractivity contribution in [3.8, 4) is 12.3 Å². The van der Waals surface area contributed by atoms with Gasteiger partial charge < -0.3 is 14.6 Å². The van der Waals surface area contributed by atoms with Crippen molar-refractivity contribution in [3.05, 3.63) is 0 Å². The van der Waals surface area contributed by atoms with Gasteiger partial charge >= 0.3 is 12.1 Å². The summed E-state index contributed by atoms with van der Waals surface area (Å²) in [5.74, 6) is 1.41. The summed E-state index contributed by atoms with van der Waals surface area (Å²) in [6.45, 7) is 6.42. The molecule has 0 aromatic carbocycles. The molecule has 0 aliphatic carbocycles. The molecule has 19 heavy (non-hydrogen) atoms. The lowest BCUT2D eigenvalue weighted by atomic mass is 10.2. The topological polar surface area (TPSA) is 76.1 Å². The molecule has 1 N–H and O–H groups in total. The minimum absolute atomic E-state index is 0.126. The number of hydrogen-bond donors (Lipinski definition) is 1. The maximum absolute atomic E-state index is 12.0. The molecular weight excluding hydrogens is 250 g/mol. The van der Waals surface area contributed by atoms with E-state index in [2.05, 4.69) is 10.7 Å². The van der Waals surface area contributed by atoms with Gasteiger partial charge in [0.05, 0.1) is 19.8 Å². The summed E-state index contributed by atoms with van der Waals surface area (Å²) in [6.07, 6.45) is 3.62. The maximum Gasteiger partial charge on any atom is 0.411 e. The molecule has 0 aromatic rings. The molecule has 2 atom stereocenters. The number of nitrogens with zero attached hydrogens (tertiary/aromatic N) is 1. The molecule has 0 saturated carbocycles. The van der Waals surface area contributed by atoms with Crippen LogP contribution >= 0.6 is 0 Å². The van der Waals surface area contributed by atoms with E-state index in [-0.39, 0.29) is 6.54 Å². The molecule has 0 spiro atoms. The van der Waals surface area contributed by atoms with Crippen LogP contribution in [0.3, 0.4) is 0 Å². The zero-order chi connectivity index (χ0) is 15.2. The predicted octanol–water partition coefficient (Wildman–Crippen LogP) is 0.779. The third kappa shape index (κ3) is 6.11. The van der Waals surface area contributed by atoms with Crippen LogP contribution in [0.25, 0.3) is 0 Å². The Morgan fingerprint density at radius 2 is 1.95 bits per heavy atom. The second-order valence-electron chi connectivity index (χ2n) is 5.07. The van der Waals surface area contributed by atoms with Crippen LogP contribution in [-0.4, -0.2) is 53.5 Å². The van der Waals surface area contributed by atoms with Crippen molar-refractivity contribution >= 4 is 12.1 Å². The lowest BCUT2D eigenvalue weighted by Crippen LogP contribution is -2.49. The van der Waals surface area contributed by atoms with Crippen LogP contribution in [-0.2, 0) is 14.3 Å². The quantitative estimate of drug-likeness (QED) is 0.604. The van der Waals surface area contributed by atoms with Crippen molar-refractivity contribution in [3.63, 3.8) is 0 Å². The smallest absolute Gasteiger partial charge is 0.411 e. The normalized spacial score (nSPS) is 13.9. The van der Waals surface area contributed by atoms with E-state index in [9.17, 15) is 14.7 Å². The number of hydrogen-bond acceptors (Lipinski definition) is 5. The molecule has 0 aliphatic heterocycles. The fourth-order valence-corrected chi connectivity index (χ4v) is 1.29. The summed E-state index contributed by atoms with van der Waals surface area (Å²) in [7, 11) is 1.17. The van der Waals surface area contributed by atoms with Gasteiger partial charge in [0.15, 0.2) is 6.04 Å². The molecule has 1 amide bonds. The Kier molecular flexibility index (Phi) is 6.36. The molecule has 0 unspecified atom stereocenters. The first-order valence-electron chi connectivity index (χ1n) is 5.84. The van der Waals surface area contributed by atoms with Crippen molar-refractivity contribution in [1.29, 1.82) is 0 Å². The molecule has 0 aromatic heterocycles. The summed E-state index contributed by atoms with van der Waals surface area (Å²) >= 11 is 0. The first kappa shape index (κ1) is 17.3. The van der Waals surface area contributed by atoms with Crippen molar-refractivity contribution in [2.45, 2.75) is 45.4 Å². The molecule has 6 heteroatoms. The minimum atomic E-state index is -1.23. The average molecular weight is 271 g/mol. The molecule has 6 nitrogen and oxygen atoms in total. The number of carbonyl (C=O) groups is 2. The van der Waals surface area contributed by atoms with Gasteiger partial charge in [-0.25, -0.2) is 9.59 Å². The number of aliphatic hydroxyl groups is 1. The zero-order valence-corrected chi connectivity index (χ0v) is 12.0. The number of aliphatic hydroxyl groups excluding tert-OH is 1. The summed E-state index contributed by atoms with van der Waals surface area (Å²) < 4.78 is 9.68. The molecule has 108 valence electrons. The van der Waals surface area contributed by atoms with Crippen LogP contribution in [0.5, 0.6) is 0 Å². The highest BCUT2D eigenvalue weighted by atomic mass is 16.6. The SMILES string of the molecule is C#C[C@@H](C(=O)OC)N(C[C@@H](C)O)C(=O)OC(C)(C)C. The molecule has 0 radical (unpaired) electrons. The fourth-order valence-electron chi connectivity index (χ4n) is 1.29. The van der Waals surface area contributed by atoms with E-state index in [1.54, 1.807) is 20.8 Å². The number of amides is 1. The zero-order valence-electron chi connectivity index (χ0n) is 12.0. The van der Waals surface area contributed by atoms with E-state index < -0.39 is 29.8 Å². The van der Waals surface area contributed by atoms with Crippen LogP contribution in [0.4, 0.5) is 4.79 Å². The number of methoxy groups -OCH3 is 1. The van der Waals surface area contributed by atoms with Gasteiger partial charge in [0.2, 0.25) is 0 Å².